The maximum Gasteiger partial charge on any atom is 0.124 e. The summed E-state index contributed by atoms with van der Waals surface area (Å²) in [5.74, 6) is 0. The summed E-state index contributed by atoms with van der Waals surface area (Å²) >= 11 is 0. The van der Waals surface area contributed by atoms with Gasteiger partial charge in [-0.05, 0) is 12.5 Å². The number of nitrogens with zero attached hydrogens (tertiary/aromatic N) is 1. The predicted molar refractivity (Wildman–Crippen MR) is 50.5 cm³/mol. The lowest BCUT2D eigenvalue weighted by molar-refractivity contribution is 0.413. The van der Waals surface area contributed by atoms with Gasteiger partial charge in [-0.15, -0.1) is 0 Å². The first-order chi connectivity index (χ1) is 6.34. The maximum atomic E-state index is 4.76. The Hall–Kier alpha value is -1.57. The molecule has 2 nitrogen and oxygen atoms in total. The zero-order valence-electron chi connectivity index (χ0n) is 7.53. The average molecular weight is 173 g/mol. The Kier molecular flexibility index (Phi) is 2.13. The number of rotatable bonds is 2. The minimum absolute atomic E-state index is 0.844. The normalized spacial score (nSPS) is 10.2. The summed E-state index contributed by atoms with van der Waals surface area (Å²) in [7, 11) is 0. The van der Waals surface area contributed by atoms with E-state index in [1.807, 2.05) is 6.07 Å². The fourth-order valence-electron chi connectivity index (χ4n) is 1.24. The number of benzene rings is 1. The van der Waals surface area contributed by atoms with E-state index in [0.717, 1.165) is 12.1 Å². The van der Waals surface area contributed by atoms with E-state index in [2.05, 4.69) is 36.3 Å². The molecule has 0 aliphatic heterocycles. The molecule has 13 heavy (non-hydrogen) atoms. The Morgan fingerprint density at radius 2 is 1.92 bits per heavy atom. The van der Waals surface area contributed by atoms with Crippen molar-refractivity contribution in [3.63, 3.8) is 0 Å². The largest absolute Gasteiger partial charge is 0.365 e. The molecule has 0 saturated heterocycles. The first-order valence-electron chi connectivity index (χ1n) is 4.29. The van der Waals surface area contributed by atoms with E-state index < -0.39 is 0 Å². The molecular weight excluding hydrogens is 162 g/mol. The molecule has 2 rings (SSSR count). The van der Waals surface area contributed by atoms with Crippen LogP contribution in [0.1, 0.15) is 16.8 Å². The zero-order chi connectivity index (χ0) is 9.10. The van der Waals surface area contributed by atoms with Gasteiger partial charge in [-0.3, -0.25) is 0 Å². The minimum atomic E-state index is 0.844. The van der Waals surface area contributed by atoms with E-state index in [-0.39, 0.29) is 0 Å². The van der Waals surface area contributed by atoms with Crippen molar-refractivity contribution in [3.8, 4) is 0 Å². The van der Waals surface area contributed by atoms with Crippen molar-refractivity contribution in [2.75, 3.05) is 0 Å². The van der Waals surface area contributed by atoms with Gasteiger partial charge >= 0.3 is 0 Å². The van der Waals surface area contributed by atoms with Gasteiger partial charge in [-0.2, -0.15) is 0 Å². The van der Waals surface area contributed by atoms with Gasteiger partial charge in [-0.1, -0.05) is 35.0 Å². The molecule has 0 amide bonds. The maximum absolute atomic E-state index is 4.76. The van der Waals surface area contributed by atoms with Gasteiger partial charge in [0.15, 0.2) is 0 Å². The van der Waals surface area contributed by atoms with Crippen LogP contribution in [0.2, 0.25) is 0 Å². The second-order valence-corrected chi connectivity index (χ2v) is 3.15. The van der Waals surface area contributed by atoms with Crippen LogP contribution < -0.4 is 0 Å². The van der Waals surface area contributed by atoms with Crippen LogP contribution in [0.15, 0.2) is 41.1 Å². The highest BCUT2D eigenvalue weighted by molar-refractivity contribution is 5.24. The van der Waals surface area contributed by atoms with E-state index in [1.165, 1.54) is 11.1 Å². The smallest absolute Gasteiger partial charge is 0.124 e. The molecule has 2 heteroatoms. The molecule has 0 atom stereocenters. The second kappa shape index (κ2) is 3.44. The number of hydrogen-bond acceptors (Lipinski definition) is 2. The highest BCUT2D eigenvalue weighted by Gasteiger charge is 1.97. The first-order valence-corrected chi connectivity index (χ1v) is 4.29. The van der Waals surface area contributed by atoms with E-state index >= 15 is 0 Å². The molecule has 1 heterocycles. The van der Waals surface area contributed by atoms with Crippen molar-refractivity contribution in [3.05, 3.63) is 53.4 Å². The predicted octanol–water partition coefficient (Wildman–Crippen LogP) is 2.57. The van der Waals surface area contributed by atoms with E-state index in [1.54, 1.807) is 6.26 Å². The molecule has 2 aromatic rings. The molecule has 0 unspecified atom stereocenters. The number of aromatic nitrogens is 1. The highest BCUT2D eigenvalue weighted by atomic mass is 16.5. The SMILES string of the molecule is Cc1ccc(Cc2ccon2)cc1. The van der Waals surface area contributed by atoms with Crippen molar-refractivity contribution < 1.29 is 4.52 Å². The summed E-state index contributed by atoms with van der Waals surface area (Å²) in [6.07, 6.45) is 2.44. The van der Waals surface area contributed by atoms with Gasteiger partial charge < -0.3 is 4.52 Å². The van der Waals surface area contributed by atoms with Crippen molar-refractivity contribution in [2.45, 2.75) is 13.3 Å². The fourth-order valence-corrected chi connectivity index (χ4v) is 1.24. The van der Waals surface area contributed by atoms with Gasteiger partial charge in [0.1, 0.15) is 6.26 Å². The van der Waals surface area contributed by atoms with E-state index in [4.69, 9.17) is 4.52 Å². The van der Waals surface area contributed by atoms with Crippen LogP contribution in [0.25, 0.3) is 0 Å². The van der Waals surface area contributed by atoms with Crippen LogP contribution in [0, 0.1) is 6.92 Å². The Bertz CT molecular complexity index is 361. The van der Waals surface area contributed by atoms with Crippen LogP contribution in [0.5, 0.6) is 0 Å². The van der Waals surface area contributed by atoms with Crippen molar-refractivity contribution in [1.82, 2.24) is 5.16 Å². The molecule has 0 N–H and O–H groups in total. The van der Waals surface area contributed by atoms with Crippen molar-refractivity contribution >= 4 is 0 Å². The molecule has 0 spiro atoms. The minimum Gasteiger partial charge on any atom is -0.365 e. The van der Waals surface area contributed by atoms with Gasteiger partial charge in [0.05, 0.1) is 5.69 Å². The van der Waals surface area contributed by atoms with E-state index in [0.29, 0.717) is 0 Å². The topological polar surface area (TPSA) is 26.0 Å². The van der Waals surface area contributed by atoms with Gasteiger partial charge in [0.25, 0.3) is 0 Å². The lowest BCUT2D eigenvalue weighted by Gasteiger charge is -1.97. The molecule has 0 bridgehead atoms. The Labute approximate surface area is 77.2 Å². The number of hydrogen-bond donors (Lipinski definition) is 0. The molecule has 0 aliphatic carbocycles. The third-order valence-electron chi connectivity index (χ3n) is 2.00. The molecule has 0 saturated carbocycles. The monoisotopic (exact) mass is 173 g/mol. The van der Waals surface area contributed by atoms with Gasteiger partial charge in [-0.25, -0.2) is 0 Å². The molecular formula is C11H11NO. The Balaban J connectivity index is 2.15. The van der Waals surface area contributed by atoms with Gasteiger partial charge in [0.2, 0.25) is 0 Å². The summed E-state index contributed by atoms with van der Waals surface area (Å²) in [5, 5.41) is 3.86. The van der Waals surface area contributed by atoms with Crippen LogP contribution in [0.4, 0.5) is 0 Å². The molecule has 66 valence electrons. The quantitative estimate of drug-likeness (QED) is 0.697. The van der Waals surface area contributed by atoms with Crippen LogP contribution >= 0.6 is 0 Å². The van der Waals surface area contributed by atoms with Crippen molar-refractivity contribution in [1.29, 1.82) is 0 Å². The van der Waals surface area contributed by atoms with Crippen LogP contribution in [-0.4, -0.2) is 5.16 Å². The Morgan fingerprint density at radius 1 is 1.15 bits per heavy atom. The lowest BCUT2D eigenvalue weighted by Crippen LogP contribution is -1.87. The summed E-state index contributed by atoms with van der Waals surface area (Å²) in [4.78, 5) is 0. The number of aryl methyl sites for hydroxylation is 1. The lowest BCUT2D eigenvalue weighted by atomic mass is 10.1. The molecule has 0 aliphatic rings. The third kappa shape index (κ3) is 1.96. The molecule has 0 fully saturated rings. The van der Waals surface area contributed by atoms with Gasteiger partial charge in [0, 0.05) is 12.5 Å². The van der Waals surface area contributed by atoms with Crippen LogP contribution in [-0.2, 0) is 6.42 Å². The average Bonchev–Trinajstić information content (AvgIpc) is 2.62. The fraction of sp³-hybridized carbons (Fsp3) is 0.182. The van der Waals surface area contributed by atoms with Crippen molar-refractivity contribution in [2.24, 2.45) is 0 Å². The Morgan fingerprint density at radius 3 is 2.54 bits per heavy atom. The third-order valence-corrected chi connectivity index (χ3v) is 2.00. The molecule has 0 radical (unpaired) electrons. The summed E-state index contributed by atoms with van der Waals surface area (Å²) in [6.45, 7) is 2.08. The second-order valence-electron chi connectivity index (χ2n) is 3.15. The molecule has 1 aromatic heterocycles. The molecule has 1 aromatic carbocycles. The van der Waals surface area contributed by atoms with E-state index in [9.17, 15) is 0 Å². The highest BCUT2D eigenvalue weighted by Crippen LogP contribution is 2.08. The summed E-state index contributed by atoms with van der Waals surface area (Å²) < 4.78 is 4.76. The standard InChI is InChI=1S/C11H11NO/c1-9-2-4-10(5-3-9)8-11-6-7-13-12-11/h2-7H,8H2,1H3. The summed E-state index contributed by atoms with van der Waals surface area (Å²) in [6, 6.07) is 10.3. The van der Waals surface area contributed by atoms with Crippen LogP contribution in [0.3, 0.4) is 0 Å². The summed E-state index contributed by atoms with van der Waals surface area (Å²) in [5.41, 5.74) is 3.52. The first kappa shape index (κ1) is 8.05. The zero-order valence-corrected chi connectivity index (χ0v) is 7.53.